The number of rotatable bonds is 6. The molecule has 3 rings (SSSR count). The first-order valence-electron chi connectivity index (χ1n) is 8.91. The molecule has 134 valence electrons. The van der Waals surface area contributed by atoms with E-state index in [4.69, 9.17) is 4.74 Å². The first-order valence-corrected chi connectivity index (χ1v) is 9.90. The van der Waals surface area contributed by atoms with Crippen LogP contribution in [0.1, 0.15) is 37.8 Å². The van der Waals surface area contributed by atoms with Gasteiger partial charge < -0.3 is 19.3 Å². The summed E-state index contributed by atoms with van der Waals surface area (Å²) in [5, 5.41) is 10.4. The number of imidazole rings is 1. The standard InChI is InChI=1S/C17H27N3O3S/c21-12-15-10-18-17(20(15)11-14-4-2-1-3-5-14)24-13-16(22)19-6-8-23-9-7-19/h10,14,21H,1-9,11-13H2. The Morgan fingerprint density at radius 1 is 1.29 bits per heavy atom. The van der Waals surface area contributed by atoms with Crippen LogP contribution in [0.15, 0.2) is 11.4 Å². The number of ether oxygens (including phenoxy) is 1. The van der Waals surface area contributed by atoms with Gasteiger partial charge in [-0.1, -0.05) is 31.0 Å². The smallest absolute Gasteiger partial charge is 0.233 e. The van der Waals surface area contributed by atoms with Crippen molar-refractivity contribution < 1.29 is 14.6 Å². The molecule has 1 aromatic rings. The number of aliphatic hydroxyl groups excluding tert-OH is 1. The fourth-order valence-electron chi connectivity index (χ4n) is 3.49. The van der Waals surface area contributed by atoms with E-state index in [2.05, 4.69) is 9.55 Å². The average Bonchev–Trinajstić information content (AvgIpc) is 3.03. The minimum atomic E-state index is -0.00229. The second kappa shape index (κ2) is 8.87. The average molecular weight is 353 g/mol. The molecular weight excluding hydrogens is 326 g/mol. The van der Waals surface area contributed by atoms with Crippen molar-refractivity contribution in [3.8, 4) is 0 Å². The Balaban J connectivity index is 1.59. The molecule has 24 heavy (non-hydrogen) atoms. The van der Waals surface area contributed by atoms with Crippen molar-refractivity contribution >= 4 is 17.7 Å². The van der Waals surface area contributed by atoms with E-state index in [1.165, 1.54) is 43.9 Å². The van der Waals surface area contributed by atoms with E-state index in [1.54, 1.807) is 6.20 Å². The summed E-state index contributed by atoms with van der Waals surface area (Å²) in [7, 11) is 0. The fraction of sp³-hybridized carbons (Fsp3) is 0.765. The Hall–Kier alpha value is -1.05. The van der Waals surface area contributed by atoms with Gasteiger partial charge in [-0.05, 0) is 18.8 Å². The lowest BCUT2D eigenvalue weighted by Gasteiger charge is -2.27. The summed E-state index contributed by atoms with van der Waals surface area (Å²) < 4.78 is 7.41. The molecule has 1 amide bonds. The number of aliphatic hydroxyl groups is 1. The topological polar surface area (TPSA) is 67.6 Å². The lowest BCUT2D eigenvalue weighted by molar-refractivity contribution is -0.132. The Bertz CT molecular complexity index is 537. The number of hydrogen-bond donors (Lipinski definition) is 1. The van der Waals surface area contributed by atoms with Gasteiger partial charge in [0.15, 0.2) is 5.16 Å². The largest absolute Gasteiger partial charge is 0.390 e. The second-order valence-corrected chi connectivity index (χ2v) is 7.53. The molecule has 7 heteroatoms. The van der Waals surface area contributed by atoms with Crippen LogP contribution < -0.4 is 0 Å². The first-order chi connectivity index (χ1) is 11.8. The van der Waals surface area contributed by atoms with E-state index in [0.717, 1.165) is 17.4 Å². The quantitative estimate of drug-likeness (QED) is 0.791. The molecule has 1 aliphatic heterocycles. The van der Waals surface area contributed by atoms with E-state index in [0.29, 0.717) is 38.0 Å². The Morgan fingerprint density at radius 2 is 2.04 bits per heavy atom. The van der Waals surface area contributed by atoms with Gasteiger partial charge in [-0.2, -0.15) is 0 Å². The van der Waals surface area contributed by atoms with Crippen LogP contribution >= 0.6 is 11.8 Å². The third-order valence-electron chi connectivity index (χ3n) is 4.92. The molecule has 1 aromatic heterocycles. The van der Waals surface area contributed by atoms with Crippen LogP contribution in [0.25, 0.3) is 0 Å². The van der Waals surface area contributed by atoms with Gasteiger partial charge in [-0.15, -0.1) is 0 Å². The number of morpholine rings is 1. The van der Waals surface area contributed by atoms with Crippen molar-refractivity contribution in [3.05, 3.63) is 11.9 Å². The molecule has 1 saturated carbocycles. The highest BCUT2D eigenvalue weighted by Crippen LogP contribution is 2.28. The molecule has 1 N–H and O–H groups in total. The van der Waals surface area contributed by atoms with E-state index in [-0.39, 0.29) is 12.5 Å². The highest BCUT2D eigenvalue weighted by molar-refractivity contribution is 7.99. The molecule has 0 atom stereocenters. The van der Waals surface area contributed by atoms with Crippen LogP contribution in [-0.2, 0) is 22.7 Å². The number of carbonyl (C=O) groups is 1. The van der Waals surface area contributed by atoms with Gasteiger partial charge in [0, 0.05) is 19.6 Å². The van der Waals surface area contributed by atoms with Crippen LogP contribution in [0.4, 0.5) is 0 Å². The summed E-state index contributed by atoms with van der Waals surface area (Å²) in [6.07, 6.45) is 8.17. The SMILES string of the molecule is O=C(CSc1ncc(CO)n1CC1CCCCC1)N1CCOCC1. The van der Waals surface area contributed by atoms with Gasteiger partial charge in [0.25, 0.3) is 0 Å². The summed E-state index contributed by atoms with van der Waals surface area (Å²) in [5.41, 5.74) is 0.849. The highest BCUT2D eigenvalue weighted by atomic mass is 32.2. The van der Waals surface area contributed by atoms with Gasteiger partial charge >= 0.3 is 0 Å². The predicted octanol–water partition coefficient (Wildman–Crippen LogP) is 1.91. The second-order valence-electron chi connectivity index (χ2n) is 6.59. The summed E-state index contributed by atoms with van der Waals surface area (Å²) in [4.78, 5) is 18.6. The van der Waals surface area contributed by atoms with Crippen LogP contribution in [-0.4, -0.2) is 57.5 Å². The zero-order valence-electron chi connectivity index (χ0n) is 14.2. The maximum absolute atomic E-state index is 12.3. The van der Waals surface area contributed by atoms with Crippen molar-refractivity contribution in [2.75, 3.05) is 32.1 Å². The van der Waals surface area contributed by atoms with Gasteiger partial charge in [0.2, 0.25) is 5.91 Å². The van der Waals surface area contributed by atoms with Crippen LogP contribution in [0, 0.1) is 5.92 Å². The molecule has 0 radical (unpaired) electrons. The molecule has 0 bridgehead atoms. The molecule has 1 aliphatic carbocycles. The molecule has 0 spiro atoms. The van der Waals surface area contributed by atoms with Crippen molar-refractivity contribution in [3.63, 3.8) is 0 Å². The highest BCUT2D eigenvalue weighted by Gasteiger charge is 2.21. The van der Waals surface area contributed by atoms with E-state index in [9.17, 15) is 9.90 Å². The molecule has 6 nitrogen and oxygen atoms in total. The molecule has 0 unspecified atom stereocenters. The fourth-order valence-corrected chi connectivity index (χ4v) is 4.40. The van der Waals surface area contributed by atoms with Crippen molar-refractivity contribution in [2.45, 2.75) is 50.4 Å². The minimum absolute atomic E-state index is 0.00229. The number of aromatic nitrogens is 2. The van der Waals surface area contributed by atoms with E-state index >= 15 is 0 Å². The summed E-state index contributed by atoms with van der Waals surface area (Å²) in [5.74, 6) is 1.20. The zero-order chi connectivity index (χ0) is 16.8. The van der Waals surface area contributed by atoms with E-state index < -0.39 is 0 Å². The number of hydrogen-bond acceptors (Lipinski definition) is 5. The maximum Gasteiger partial charge on any atom is 0.233 e. The molecule has 2 fully saturated rings. The van der Waals surface area contributed by atoms with Crippen molar-refractivity contribution in [2.24, 2.45) is 5.92 Å². The van der Waals surface area contributed by atoms with Gasteiger partial charge in [0.05, 0.1) is 37.5 Å². The first kappa shape index (κ1) is 17.8. The molecular formula is C17H27N3O3S. The predicted molar refractivity (Wildman–Crippen MR) is 92.8 cm³/mol. The van der Waals surface area contributed by atoms with E-state index in [1.807, 2.05) is 4.90 Å². The Morgan fingerprint density at radius 3 is 2.75 bits per heavy atom. The summed E-state index contributed by atoms with van der Waals surface area (Å²) in [6, 6.07) is 0. The summed E-state index contributed by atoms with van der Waals surface area (Å²) >= 11 is 1.48. The van der Waals surface area contributed by atoms with Gasteiger partial charge in [0.1, 0.15) is 0 Å². The number of thioether (sulfide) groups is 1. The Labute approximate surface area is 147 Å². The maximum atomic E-state index is 12.3. The molecule has 2 heterocycles. The molecule has 2 aliphatic rings. The lowest BCUT2D eigenvalue weighted by atomic mass is 9.89. The summed E-state index contributed by atoms with van der Waals surface area (Å²) in [6.45, 7) is 3.51. The molecule has 0 aromatic carbocycles. The number of carbonyl (C=O) groups excluding carboxylic acids is 1. The third-order valence-corrected chi connectivity index (χ3v) is 5.89. The third kappa shape index (κ3) is 4.52. The lowest BCUT2D eigenvalue weighted by Crippen LogP contribution is -2.41. The van der Waals surface area contributed by atoms with Crippen molar-refractivity contribution in [1.82, 2.24) is 14.5 Å². The van der Waals surface area contributed by atoms with Gasteiger partial charge in [-0.25, -0.2) is 4.98 Å². The number of amides is 1. The number of nitrogens with zero attached hydrogens (tertiary/aromatic N) is 3. The minimum Gasteiger partial charge on any atom is -0.390 e. The van der Waals surface area contributed by atoms with Crippen LogP contribution in [0.3, 0.4) is 0 Å². The van der Waals surface area contributed by atoms with Crippen LogP contribution in [0.5, 0.6) is 0 Å². The molecule has 1 saturated heterocycles. The van der Waals surface area contributed by atoms with Crippen LogP contribution in [0.2, 0.25) is 0 Å². The van der Waals surface area contributed by atoms with Gasteiger partial charge in [-0.3, -0.25) is 4.79 Å². The Kier molecular flexibility index (Phi) is 6.57. The normalized spacial score (nSPS) is 19.6. The van der Waals surface area contributed by atoms with Crippen molar-refractivity contribution in [1.29, 1.82) is 0 Å². The zero-order valence-corrected chi connectivity index (χ0v) is 15.0. The monoisotopic (exact) mass is 353 g/mol.